The monoisotopic (exact) mass is 625 g/mol. The maximum Gasteiger partial charge on any atom is 0.437 e. The molecule has 2 rings (SSSR count). The van der Waals surface area contributed by atoms with Crippen LogP contribution < -0.4 is 5.73 Å². The fraction of sp³-hybridized carbons (Fsp3) is 0.444. The first-order valence-corrected chi connectivity index (χ1v) is 14.4. The van der Waals surface area contributed by atoms with E-state index in [0.29, 0.717) is 21.2 Å². The van der Waals surface area contributed by atoms with Crippen LogP contribution in [0.5, 0.6) is 0 Å². The molecule has 0 saturated heterocycles. The van der Waals surface area contributed by atoms with Crippen LogP contribution in [0.2, 0.25) is 0 Å². The number of hydrogen-bond acceptors (Lipinski definition) is 7. The molecule has 2 N–H and O–H groups in total. The zero-order chi connectivity index (χ0) is 29.8. The number of carbonyl (C=O) groups excluding carboxylic acids is 2. The summed E-state index contributed by atoms with van der Waals surface area (Å²) in [5, 5.41) is 0. The van der Waals surface area contributed by atoms with Crippen molar-refractivity contribution in [2.24, 2.45) is 10.7 Å². The number of amides is 2. The molecular formula is C27H36BrN3O7S. The first kappa shape index (κ1) is 32.3. The van der Waals surface area contributed by atoms with Gasteiger partial charge < -0.3 is 15.2 Å². The summed E-state index contributed by atoms with van der Waals surface area (Å²) < 4.78 is 41.7. The first-order valence-electron chi connectivity index (χ1n) is 12.2. The highest BCUT2D eigenvalue weighted by molar-refractivity contribution is 9.10. The molecule has 10 nitrogen and oxygen atoms in total. The predicted octanol–water partition coefficient (Wildman–Crippen LogP) is 6.14. The lowest BCUT2D eigenvalue weighted by atomic mass is 10.0. The van der Waals surface area contributed by atoms with E-state index in [4.69, 9.17) is 19.4 Å². The largest absolute Gasteiger partial charge is 0.443 e. The topological polar surface area (TPSA) is 138 Å². The zero-order valence-electron chi connectivity index (χ0n) is 23.5. The van der Waals surface area contributed by atoms with Gasteiger partial charge in [0, 0.05) is 10.0 Å². The van der Waals surface area contributed by atoms with E-state index in [1.54, 1.807) is 78.8 Å². The molecular weight excluding hydrogens is 590 g/mol. The van der Waals surface area contributed by atoms with Gasteiger partial charge in [-0.1, -0.05) is 45.8 Å². The number of nitrogens with zero attached hydrogens (tertiary/aromatic N) is 2. The van der Waals surface area contributed by atoms with Gasteiger partial charge in [0.2, 0.25) is 5.96 Å². The number of ether oxygens (including phenoxy) is 2. The van der Waals surface area contributed by atoms with E-state index >= 15 is 0 Å². The quantitative estimate of drug-likeness (QED) is 0.230. The number of hydrogen-bond donors (Lipinski definition) is 1. The second kappa shape index (κ2) is 12.5. The molecule has 0 heterocycles. The smallest absolute Gasteiger partial charge is 0.437 e. The van der Waals surface area contributed by atoms with Crippen LogP contribution in [-0.4, -0.2) is 49.3 Å². The van der Waals surface area contributed by atoms with Crippen molar-refractivity contribution in [1.29, 1.82) is 0 Å². The van der Waals surface area contributed by atoms with Gasteiger partial charge >= 0.3 is 12.2 Å². The van der Waals surface area contributed by atoms with Gasteiger partial charge in [0.15, 0.2) is 0 Å². The van der Waals surface area contributed by atoms with E-state index in [1.807, 2.05) is 6.92 Å². The summed E-state index contributed by atoms with van der Waals surface area (Å²) in [6, 6.07) is 10.1. The van der Waals surface area contributed by atoms with Crippen LogP contribution in [0.1, 0.15) is 59.6 Å². The van der Waals surface area contributed by atoms with E-state index in [2.05, 4.69) is 20.9 Å². The summed E-state index contributed by atoms with van der Waals surface area (Å²) in [4.78, 5) is 30.1. The molecule has 2 aromatic carbocycles. The molecule has 0 atom stereocenters. The van der Waals surface area contributed by atoms with E-state index < -0.39 is 39.5 Å². The Bertz CT molecular complexity index is 1360. The summed E-state index contributed by atoms with van der Waals surface area (Å²) in [6.45, 7) is 13.5. The number of benzene rings is 2. The lowest BCUT2D eigenvalue weighted by Crippen LogP contribution is -2.45. The van der Waals surface area contributed by atoms with Crippen LogP contribution in [0.25, 0.3) is 11.1 Å². The Hall–Kier alpha value is -2.96. The summed E-state index contributed by atoms with van der Waals surface area (Å²) in [7, 11) is -3.97. The molecule has 0 bridgehead atoms. The number of guanidine groups is 1. The highest BCUT2D eigenvalue weighted by atomic mass is 79.9. The Balaban J connectivity index is 2.51. The average Bonchev–Trinajstić information content (AvgIpc) is 2.75. The Labute approximate surface area is 238 Å². The van der Waals surface area contributed by atoms with Gasteiger partial charge in [-0.25, -0.2) is 14.5 Å². The van der Waals surface area contributed by atoms with Gasteiger partial charge in [0.25, 0.3) is 10.1 Å². The van der Waals surface area contributed by atoms with Crippen LogP contribution in [0, 0.1) is 6.92 Å². The number of carbonyl (C=O) groups is 2. The number of halogens is 1. The van der Waals surface area contributed by atoms with Crippen LogP contribution in [0.4, 0.5) is 9.59 Å². The maximum atomic E-state index is 13.0. The standard InChI is InChI=1S/C27H36BrN3O7S/c1-9-36-39(34,35)22-13-10-17(2)14-20(22)18-11-12-19(21(28)15-18)16-31(25(33)38-27(6,7)8)23(29)30-24(32)37-26(3,4)5/h10-15H,9,16H2,1-8H3,(H2,29,30,32). The summed E-state index contributed by atoms with van der Waals surface area (Å²) in [6.07, 6.45) is -1.77. The summed E-state index contributed by atoms with van der Waals surface area (Å²) >= 11 is 3.52. The van der Waals surface area contributed by atoms with Gasteiger partial charge in [-0.3, -0.25) is 4.18 Å². The lowest BCUT2D eigenvalue weighted by Gasteiger charge is -2.27. The Morgan fingerprint density at radius 2 is 1.62 bits per heavy atom. The number of aliphatic imine (C=N–C) groups is 1. The minimum Gasteiger partial charge on any atom is -0.443 e. The summed E-state index contributed by atoms with van der Waals surface area (Å²) in [5.74, 6) is -0.404. The third kappa shape index (κ3) is 9.63. The van der Waals surface area contributed by atoms with Crippen molar-refractivity contribution in [1.82, 2.24) is 4.90 Å². The third-order valence-electron chi connectivity index (χ3n) is 4.86. The van der Waals surface area contributed by atoms with E-state index in [1.165, 1.54) is 6.07 Å². The van der Waals surface area contributed by atoms with E-state index in [9.17, 15) is 18.0 Å². The molecule has 2 amide bonds. The van der Waals surface area contributed by atoms with Crippen LogP contribution in [0.3, 0.4) is 0 Å². The predicted molar refractivity (Wildman–Crippen MR) is 153 cm³/mol. The SMILES string of the molecule is CCOS(=O)(=O)c1ccc(C)cc1-c1ccc(CN(C(=O)OC(C)(C)C)C(N)=NC(=O)OC(C)(C)C)c(Br)c1. The van der Waals surface area contributed by atoms with Crippen molar-refractivity contribution in [3.8, 4) is 11.1 Å². The van der Waals surface area contributed by atoms with E-state index in [0.717, 1.165) is 10.5 Å². The molecule has 2 aromatic rings. The van der Waals surface area contributed by atoms with Crippen LogP contribution >= 0.6 is 15.9 Å². The lowest BCUT2D eigenvalue weighted by molar-refractivity contribution is 0.0355. The van der Waals surface area contributed by atoms with Crippen molar-refractivity contribution >= 4 is 44.2 Å². The molecule has 0 unspecified atom stereocenters. The minimum atomic E-state index is -3.97. The molecule has 0 spiro atoms. The fourth-order valence-electron chi connectivity index (χ4n) is 3.31. The maximum absolute atomic E-state index is 13.0. The molecule has 0 radical (unpaired) electrons. The minimum absolute atomic E-state index is 0.00501. The molecule has 0 aliphatic heterocycles. The van der Waals surface area contributed by atoms with Crippen molar-refractivity contribution in [3.05, 3.63) is 52.0 Å². The van der Waals surface area contributed by atoms with Crippen molar-refractivity contribution in [2.45, 2.75) is 78.0 Å². The highest BCUT2D eigenvalue weighted by Gasteiger charge is 2.27. The highest BCUT2D eigenvalue weighted by Crippen LogP contribution is 2.33. The summed E-state index contributed by atoms with van der Waals surface area (Å²) in [5.41, 5.74) is 6.95. The Kier molecular flexibility index (Phi) is 10.3. The first-order chi connectivity index (χ1) is 17.8. The second-order valence-electron chi connectivity index (χ2n) is 10.7. The molecule has 0 aliphatic carbocycles. The van der Waals surface area contributed by atoms with Crippen molar-refractivity contribution in [2.75, 3.05) is 6.61 Å². The van der Waals surface area contributed by atoms with Gasteiger partial charge in [-0.2, -0.15) is 8.42 Å². The van der Waals surface area contributed by atoms with Crippen molar-refractivity contribution < 1.29 is 31.7 Å². The Morgan fingerprint density at radius 3 is 2.15 bits per heavy atom. The van der Waals surface area contributed by atoms with Crippen molar-refractivity contribution in [3.63, 3.8) is 0 Å². The molecule has 0 fully saturated rings. The number of aryl methyl sites for hydroxylation is 1. The normalized spacial score (nSPS) is 12.7. The number of nitrogens with two attached hydrogens (primary N) is 1. The Morgan fingerprint density at radius 1 is 1.00 bits per heavy atom. The van der Waals surface area contributed by atoms with Crippen LogP contribution in [-0.2, 0) is 30.3 Å². The van der Waals surface area contributed by atoms with Gasteiger partial charge in [-0.05, 0) is 78.6 Å². The molecule has 39 heavy (non-hydrogen) atoms. The molecule has 214 valence electrons. The van der Waals surface area contributed by atoms with Gasteiger partial charge in [0.05, 0.1) is 13.2 Å². The molecule has 0 aliphatic rings. The average molecular weight is 627 g/mol. The third-order valence-corrected chi connectivity index (χ3v) is 7.04. The van der Waals surface area contributed by atoms with Gasteiger partial charge in [-0.15, -0.1) is 4.99 Å². The number of rotatable bonds is 6. The molecule has 0 aromatic heterocycles. The van der Waals surface area contributed by atoms with E-state index in [-0.39, 0.29) is 18.0 Å². The zero-order valence-corrected chi connectivity index (χ0v) is 25.9. The molecule has 12 heteroatoms. The van der Waals surface area contributed by atoms with Crippen LogP contribution in [0.15, 0.2) is 50.8 Å². The fourth-order valence-corrected chi connectivity index (χ4v) is 4.94. The molecule has 0 saturated carbocycles. The second-order valence-corrected chi connectivity index (χ2v) is 13.1. The van der Waals surface area contributed by atoms with Gasteiger partial charge in [0.1, 0.15) is 16.1 Å².